The first-order chi connectivity index (χ1) is 11.3. The summed E-state index contributed by atoms with van der Waals surface area (Å²) in [5.74, 6) is 0. The van der Waals surface area contributed by atoms with Crippen LogP contribution in [0.3, 0.4) is 0 Å². The van der Waals surface area contributed by atoms with Crippen LogP contribution in [-0.4, -0.2) is 45.9 Å². The minimum Gasteiger partial charge on any atom is -0.378 e. The molecule has 1 aliphatic heterocycles. The van der Waals surface area contributed by atoms with Crippen molar-refractivity contribution in [3.63, 3.8) is 0 Å². The lowest BCUT2D eigenvalue weighted by Gasteiger charge is -2.29. The highest BCUT2D eigenvalue weighted by atomic mass is 16.5. The average molecular weight is 310 g/mol. The highest BCUT2D eigenvalue weighted by molar-refractivity contribution is 5.73. The molecule has 2 N–H and O–H groups in total. The van der Waals surface area contributed by atoms with E-state index in [0.717, 1.165) is 54.6 Å². The number of anilines is 1. The van der Waals surface area contributed by atoms with Crippen LogP contribution in [0.25, 0.3) is 16.9 Å². The summed E-state index contributed by atoms with van der Waals surface area (Å²) >= 11 is 0. The van der Waals surface area contributed by atoms with E-state index in [-0.39, 0.29) is 0 Å². The van der Waals surface area contributed by atoms with E-state index in [1.807, 2.05) is 28.9 Å². The fourth-order valence-electron chi connectivity index (χ4n) is 2.81. The van der Waals surface area contributed by atoms with E-state index in [9.17, 15) is 0 Å². The smallest absolute Gasteiger partial charge is 0.177 e. The van der Waals surface area contributed by atoms with Crippen molar-refractivity contribution in [2.45, 2.75) is 6.54 Å². The minimum absolute atomic E-state index is 0.399. The molecule has 4 rings (SSSR count). The zero-order valence-electron chi connectivity index (χ0n) is 12.7. The maximum absolute atomic E-state index is 5.81. The van der Waals surface area contributed by atoms with Crippen molar-refractivity contribution in [1.29, 1.82) is 0 Å². The second-order valence-electron chi connectivity index (χ2n) is 5.45. The predicted octanol–water partition coefficient (Wildman–Crippen LogP) is 1.09. The number of ether oxygens (including phenoxy) is 1. The Morgan fingerprint density at radius 3 is 2.70 bits per heavy atom. The van der Waals surface area contributed by atoms with Crippen LogP contribution in [0.15, 0.2) is 36.8 Å². The summed E-state index contributed by atoms with van der Waals surface area (Å²) in [5.41, 5.74) is 10.5. The molecule has 0 unspecified atom stereocenters. The summed E-state index contributed by atoms with van der Waals surface area (Å²) in [6.45, 7) is 3.55. The van der Waals surface area contributed by atoms with Crippen molar-refractivity contribution in [2.24, 2.45) is 5.73 Å². The molecule has 23 heavy (non-hydrogen) atoms. The Kier molecular flexibility index (Phi) is 3.64. The van der Waals surface area contributed by atoms with Gasteiger partial charge in [0.25, 0.3) is 0 Å². The average Bonchev–Trinajstić information content (AvgIpc) is 3.06. The van der Waals surface area contributed by atoms with Crippen LogP contribution in [0.4, 0.5) is 5.69 Å². The molecule has 1 fully saturated rings. The number of fused-ring (bicyclic) bond motifs is 1. The number of hydrogen-bond donors (Lipinski definition) is 1. The van der Waals surface area contributed by atoms with Gasteiger partial charge in [-0.2, -0.15) is 5.10 Å². The SMILES string of the molecule is NCc1cc(N2CCOCC2)c2nc(-c3ccncc3)cn2n1. The lowest BCUT2D eigenvalue weighted by molar-refractivity contribution is 0.123. The van der Waals surface area contributed by atoms with Gasteiger partial charge in [-0.05, 0) is 18.2 Å². The van der Waals surface area contributed by atoms with Crippen LogP contribution in [-0.2, 0) is 11.3 Å². The molecule has 7 nitrogen and oxygen atoms in total. The molecule has 1 saturated heterocycles. The van der Waals surface area contributed by atoms with Gasteiger partial charge < -0.3 is 15.4 Å². The fourth-order valence-corrected chi connectivity index (χ4v) is 2.81. The van der Waals surface area contributed by atoms with Gasteiger partial charge in [0.1, 0.15) is 0 Å². The van der Waals surface area contributed by atoms with Crippen LogP contribution in [0.5, 0.6) is 0 Å². The number of imidazole rings is 1. The van der Waals surface area contributed by atoms with Gasteiger partial charge in [0.05, 0.1) is 36.5 Å². The van der Waals surface area contributed by atoms with Gasteiger partial charge in [-0.25, -0.2) is 9.50 Å². The molecular weight excluding hydrogens is 292 g/mol. The van der Waals surface area contributed by atoms with Gasteiger partial charge in [0.15, 0.2) is 5.65 Å². The first-order valence-electron chi connectivity index (χ1n) is 7.67. The van der Waals surface area contributed by atoms with Crippen LogP contribution >= 0.6 is 0 Å². The van der Waals surface area contributed by atoms with Crippen molar-refractivity contribution in [2.75, 3.05) is 31.2 Å². The van der Waals surface area contributed by atoms with E-state index in [2.05, 4.69) is 15.0 Å². The number of nitrogens with two attached hydrogens (primary N) is 1. The van der Waals surface area contributed by atoms with Gasteiger partial charge in [0, 0.05) is 37.6 Å². The molecule has 0 spiro atoms. The van der Waals surface area contributed by atoms with Crippen molar-refractivity contribution in [3.05, 3.63) is 42.5 Å². The van der Waals surface area contributed by atoms with Crippen LogP contribution in [0.2, 0.25) is 0 Å². The van der Waals surface area contributed by atoms with Crippen LogP contribution in [0.1, 0.15) is 5.69 Å². The Hall–Kier alpha value is -2.51. The number of hydrogen-bond acceptors (Lipinski definition) is 6. The molecule has 1 aliphatic rings. The van der Waals surface area contributed by atoms with Crippen molar-refractivity contribution in [1.82, 2.24) is 19.6 Å². The summed E-state index contributed by atoms with van der Waals surface area (Å²) in [6.07, 6.45) is 5.47. The zero-order chi connectivity index (χ0) is 15.6. The molecule has 4 heterocycles. The lowest BCUT2D eigenvalue weighted by atomic mass is 10.2. The predicted molar refractivity (Wildman–Crippen MR) is 87.1 cm³/mol. The Morgan fingerprint density at radius 1 is 1.17 bits per heavy atom. The summed E-state index contributed by atoms with van der Waals surface area (Å²) in [7, 11) is 0. The summed E-state index contributed by atoms with van der Waals surface area (Å²) < 4.78 is 7.27. The number of rotatable bonds is 3. The van der Waals surface area contributed by atoms with Crippen LogP contribution < -0.4 is 10.6 Å². The van der Waals surface area contributed by atoms with E-state index < -0.39 is 0 Å². The summed E-state index contributed by atoms with van der Waals surface area (Å²) in [4.78, 5) is 11.1. The minimum atomic E-state index is 0.399. The monoisotopic (exact) mass is 310 g/mol. The highest BCUT2D eigenvalue weighted by Crippen LogP contribution is 2.26. The Labute approximate surface area is 133 Å². The number of aromatic nitrogens is 4. The maximum atomic E-state index is 5.81. The Bertz CT molecular complexity index is 810. The molecule has 0 bridgehead atoms. The molecule has 0 atom stereocenters. The molecule has 0 radical (unpaired) electrons. The van der Waals surface area contributed by atoms with Gasteiger partial charge in [-0.15, -0.1) is 0 Å². The largest absolute Gasteiger partial charge is 0.378 e. The normalized spacial score (nSPS) is 15.3. The molecule has 0 aromatic carbocycles. The van der Waals surface area contributed by atoms with Gasteiger partial charge in [-0.1, -0.05) is 0 Å². The van der Waals surface area contributed by atoms with Gasteiger partial charge in [-0.3, -0.25) is 4.98 Å². The quantitative estimate of drug-likeness (QED) is 0.780. The maximum Gasteiger partial charge on any atom is 0.177 e. The fraction of sp³-hybridized carbons (Fsp3) is 0.312. The van der Waals surface area contributed by atoms with Crippen molar-refractivity contribution >= 4 is 11.3 Å². The molecule has 0 saturated carbocycles. The number of morpholine rings is 1. The van der Waals surface area contributed by atoms with Crippen molar-refractivity contribution < 1.29 is 4.74 Å². The van der Waals surface area contributed by atoms with E-state index in [1.54, 1.807) is 12.4 Å². The summed E-state index contributed by atoms with van der Waals surface area (Å²) in [6, 6.07) is 5.92. The lowest BCUT2D eigenvalue weighted by Crippen LogP contribution is -2.36. The number of pyridine rings is 1. The third kappa shape index (κ3) is 2.64. The van der Waals surface area contributed by atoms with E-state index in [4.69, 9.17) is 15.5 Å². The first-order valence-corrected chi connectivity index (χ1v) is 7.67. The van der Waals surface area contributed by atoms with Crippen LogP contribution in [0, 0.1) is 0 Å². The molecule has 118 valence electrons. The zero-order valence-corrected chi connectivity index (χ0v) is 12.7. The summed E-state index contributed by atoms with van der Waals surface area (Å²) in [5, 5.41) is 4.55. The third-order valence-electron chi connectivity index (χ3n) is 3.99. The molecule has 0 amide bonds. The van der Waals surface area contributed by atoms with E-state index in [0.29, 0.717) is 6.54 Å². The van der Waals surface area contributed by atoms with Gasteiger partial charge in [0.2, 0.25) is 0 Å². The van der Waals surface area contributed by atoms with E-state index >= 15 is 0 Å². The molecule has 3 aromatic heterocycles. The van der Waals surface area contributed by atoms with E-state index in [1.165, 1.54) is 0 Å². The standard InChI is InChI=1S/C16H18N6O/c17-10-13-9-15(21-5-7-23-8-6-21)16-19-14(11-22(16)20-13)12-1-3-18-4-2-12/h1-4,9,11H,5-8,10,17H2. The van der Waals surface area contributed by atoms with Crippen molar-refractivity contribution in [3.8, 4) is 11.3 Å². The first kappa shape index (κ1) is 14.1. The molecule has 0 aliphatic carbocycles. The molecular formula is C16H18N6O. The topological polar surface area (TPSA) is 81.6 Å². The second-order valence-corrected chi connectivity index (χ2v) is 5.45. The molecule has 7 heteroatoms. The van der Waals surface area contributed by atoms with Gasteiger partial charge >= 0.3 is 0 Å². The second kappa shape index (κ2) is 5.94. The Morgan fingerprint density at radius 2 is 1.96 bits per heavy atom. The molecule has 3 aromatic rings. The third-order valence-corrected chi connectivity index (χ3v) is 3.99. The Balaban J connectivity index is 1.85. The highest BCUT2D eigenvalue weighted by Gasteiger charge is 2.18. The number of nitrogens with zero attached hydrogens (tertiary/aromatic N) is 5.